The second-order valence-electron chi connectivity index (χ2n) is 6.91. The predicted molar refractivity (Wildman–Crippen MR) is 128 cm³/mol. The fourth-order valence-corrected chi connectivity index (χ4v) is 2.83. The molecule has 2 N–H and O–H groups in total. The standard InChI is InChI=1S/C25H23N3O7/c1-32-19-11-7-18(8-12-19)27-23(29)24(30)28-26-15-16-4-9-20(10-5-16)35-25(31)17-6-13-21(33-2)22(14-17)34-3/h4-15H,1-3H3,(H,27,29)(H,28,30)/b26-15-. The van der Waals surface area contributed by atoms with Gasteiger partial charge in [0.05, 0.1) is 33.1 Å². The van der Waals surface area contributed by atoms with Gasteiger partial charge in [0, 0.05) is 5.69 Å². The van der Waals surface area contributed by atoms with Crippen molar-refractivity contribution in [2.24, 2.45) is 5.10 Å². The number of amides is 2. The average Bonchev–Trinajstić information content (AvgIpc) is 2.89. The molecular weight excluding hydrogens is 454 g/mol. The molecule has 0 spiro atoms. The number of hydrazone groups is 1. The van der Waals surface area contributed by atoms with Gasteiger partial charge in [-0.05, 0) is 72.3 Å². The summed E-state index contributed by atoms with van der Waals surface area (Å²) in [6.45, 7) is 0. The van der Waals surface area contributed by atoms with Crippen LogP contribution < -0.4 is 29.7 Å². The van der Waals surface area contributed by atoms with Crippen molar-refractivity contribution >= 4 is 29.7 Å². The monoisotopic (exact) mass is 477 g/mol. The van der Waals surface area contributed by atoms with E-state index in [1.807, 2.05) is 0 Å². The van der Waals surface area contributed by atoms with Gasteiger partial charge in [-0.25, -0.2) is 10.2 Å². The first-order valence-electron chi connectivity index (χ1n) is 10.3. The Balaban J connectivity index is 1.52. The van der Waals surface area contributed by atoms with E-state index < -0.39 is 17.8 Å². The van der Waals surface area contributed by atoms with Crippen molar-refractivity contribution in [3.63, 3.8) is 0 Å². The van der Waals surface area contributed by atoms with Crippen LogP contribution in [0.3, 0.4) is 0 Å². The molecule has 0 atom stereocenters. The molecule has 0 aliphatic rings. The quantitative estimate of drug-likeness (QED) is 0.168. The first-order chi connectivity index (χ1) is 16.9. The first kappa shape index (κ1) is 24.8. The summed E-state index contributed by atoms with van der Waals surface area (Å²) in [5, 5.41) is 6.22. The largest absolute Gasteiger partial charge is 0.497 e. The van der Waals surface area contributed by atoms with Gasteiger partial charge < -0.3 is 24.3 Å². The molecule has 0 aliphatic carbocycles. The Morgan fingerprint density at radius 3 is 2.03 bits per heavy atom. The average molecular weight is 477 g/mol. The summed E-state index contributed by atoms with van der Waals surface area (Å²) in [6, 6.07) is 17.6. The van der Waals surface area contributed by atoms with Crippen molar-refractivity contribution in [1.29, 1.82) is 0 Å². The van der Waals surface area contributed by atoms with Crippen LogP contribution >= 0.6 is 0 Å². The second-order valence-corrected chi connectivity index (χ2v) is 6.91. The van der Waals surface area contributed by atoms with Crippen molar-refractivity contribution < 1.29 is 33.3 Å². The lowest BCUT2D eigenvalue weighted by Crippen LogP contribution is -2.32. The number of esters is 1. The molecule has 0 aliphatic heterocycles. The summed E-state index contributed by atoms with van der Waals surface area (Å²) in [5.74, 6) is -0.528. The van der Waals surface area contributed by atoms with Crippen molar-refractivity contribution in [1.82, 2.24) is 5.43 Å². The van der Waals surface area contributed by atoms with E-state index in [9.17, 15) is 14.4 Å². The number of hydrogen-bond acceptors (Lipinski definition) is 8. The fourth-order valence-electron chi connectivity index (χ4n) is 2.83. The second kappa shape index (κ2) is 11.8. The zero-order valence-corrected chi connectivity index (χ0v) is 19.2. The SMILES string of the molecule is COc1ccc(NC(=O)C(=O)N/N=C\c2ccc(OC(=O)c3ccc(OC)c(OC)c3)cc2)cc1. The highest BCUT2D eigenvalue weighted by atomic mass is 16.5. The molecule has 2 amide bonds. The van der Waals surface area contributed by atoms with E-state index in [-0.39, 0.29) is 0 Å². The Bertz CT molecular complexity index is 1220. The highest BCUT2D eigenvalue weighted by Gasteiger charge is 2.14. The third-order valence-electron chi connectivity index (χ3n) is 4.64. The molecule has 0 saturated heterocycles. The molecule has 0 heterocycles. The number of carbonyl (C=O) groups excluding carboxylic acids is 3. The number of methoxy groups -OCH3 is 3. The number of rotatable bonds is 8. The summed E-state index contributed by atoms with van der Waals surface area (Å²) < 4.78 is 20.7. The Kier molecular flexibility index (Phi) is 8.38. The smallest absolute Gasteiger partial charge is 0.343 e. The van der Waals surface area contributed by atoms with Gasteiger partial charge in [0.25, 0.3) is 0 Å². The third-order valence-corrected chi connectivity index (χ3v) is 4.64. The number of benzene rings is 3. The number of ether oxygens (including phenoxy) is 4. The molecule has 0 unspecified atom stereocenters. The first-order valence-corrected chi connectivity index (χ1v) is 10.3. The molecule has 3 rings (SSSR count). The molecule has 3 aromatic rings. The van der Waals surface area contributed by atoms with Crippen LogP contribution in [0.1, 0.15) is 15.9 Å². The highest BCUT2D eigenvalue weighted by molar-refractivity contribution is 6.39. The number of anilines is 1. The van der Waals surface area contributed by atoms with Gasteiger partial charge in [-0.3, -0.25) is 9.59 Å². The van der Waals surface area contributed by atoms with E-state index in [0.29, 0.717) is 39.8 Å². The maximum absolute atomic E-state index is 12.4. The fraction of sp³-hybridized carbons (Fsp3) is 0.120. The van der Waals surface area contributed by atoms with E-state index >= 15 is 0 Å². The lowest BCUT2D eigenvalue weighted by Gasteiger charge is -2.09. The van der Waals surface area contributed by atoms with Crippen molar-refractivity contribution in [3.8, 4) is 23.0 Å². The van der Waals surface area contributed by atoms with Crippen LogP contribution in [0.4, 0.5) is 5.69 Å². The Morgan fingerprint density at radius 1 is 0.743 bits per heavy atom. The minimum atomic E-state index is -0.933. The summed E-state index contributed by atoms with van der Waals surface area (Å²) in [7, 11) is 4.51. The maximum atomic E-state index is 12.4. The van der Waals surface area contributed by atoms with E-state index in [4.69, 9.17) is 18.9 Å². The topological polar surface area (TPSA) is 125 Å². The lowest BCUT2D eigenvalue weighted by atomic mass is 10.2. The number of hydrogen-bond donors (Lipinski definition) is 2. The van der Waals surface area contributed by atoms with Crippen molar-refractivity contribution in [3.05, 3.63) is 77.9 Å². The van der Waals surface area contributed by atoms with Crippen LogP contribution in [0, 0.1) is 0 Å². The minimum absolute atomic E-state index is 0.295. The van der Waals surface area contributed by atoms with Crippen molar-refractivity contribution in [2.45, 2.75) is 0 Å². The van der Waals surface area contributed by atoms with E-state index in [1.165, 1.54) is 33.6 Å². The molecule has 10 heteroatoms. The van der Waals surface area contributed by atoms with Crippen LogP contribution in [0.15, 0.2) is 71.8 Å². The third kappa shape index (κ3) is 6.81. The normalized spacial score (nSPS) is 10.4. The zero-order valence-electron chi connectivity index (χ0n) is 19.2. The van der Waals surface area contributed by atoms with E-state index in [2.05, 4.69) is 15.8 Å². The molecule has 0 radical (unpaired) electrons. The number of carbonyl (C=O) groups is 3. The summed E-state index contributed by atoms with van der Waals surface area (Å²) in [6.07, 6.45) is 1.35. The zero-order chi connectivity index (χ0) is 25.2. The van der Waals surface area contributed by atoms with Gasteiger partial charge >= 0.3 is 17.8 Å². The molecule has 0 saturated carbocycles. The van der Waals surface area contributed by atoms with Crippen LogP contribution in [0.25, 0.3) is 0 Å². The Hall–Kier alpha value is -4.86. The summed E-state index contributed by atoms with van der Waals surface area (Å²) in [5.41, 5.74) is 3.49. The van der Waals surface area contributed by atoms with Crippen LogP contribution in [-0.2, 0) is 9.59 Å². The molecule has 0 fully saturated rings. The molecule has 0 aromatic heterocycles. The molecule has 35 heavy (non-hydrogen) atoms. The van der Waals surface area contributed by atoms with Crippen molar-refractivity contribution in [2.75, 3.05) is 26.6 Å². The van der Waals surface area contributed by atoms with Gasteiger partial charge in [0.1, 0.15) is 11.5 Å². The molecule has 10 nitrogen and oxygen atoms in total. The van der Waals surface area contributed by atoms with Gasteiger partial charge in [0.2, 0.25) is 0 Å². The number of nitrogens with zero attached hydrogens (tertiary/aromatic N) is 1. The Morgan fingerprint density at radius 2 is 1.40 bits per heavy atom. The Labute approximate surface area is 201 Å². The van der Waals surface area contributed by atoms with Crippen LogP contribution in [0.5, 0.6) is 23.0 Å². The van der Waals surface area contributed by atoms with Crippen LogP contribution in [-0.4, -0.2) is 45.3 Å². The van der Waals surface area contributed by atoms with Gasteiger partial charge in [-0.1, -0.05) is 0 Å². The summed E-state index contributed by atoms with van der Waals surface area (Å²) >= 11 is 0. The molecule has 3 aromatic carbocycles. The molecule has 180 valence electrons. The molecule has 0 bridgehead atoms. The maximum Gasteiger partial charge on any atom is 0.343 e. The predicted octanol–water partition coefficient (Wildman–Crippen LogP) is 3.02. The lowest BCUT2D eigenvalue weighted by molar-refractivity contribution is -0.136. The molecular formula is C25H23N3O7. The highest BCUT2D eigenvalue weighted by Crippen LogP contribution is 2.28. The van der Waals surface area contributed by atoms with E-state index in [0.717, 1.165) is 0 Å². The van der Waals surface area contributed by atoms with Gasteiger partial charge in [0.15, 0.2) is 11.5 Å². The van der Waals surface area contributed by atoms with E-state index in [1.54, 1.807) is 60.7 Å². The summed E-state index contributed by atoms with van der Waals surface area (Å²) in [4.78, 5) is 36.3. The minimum Gasteiger partial charge on any atom is -0.497 e. The van der Waals surface area contributed by atoms with Gasteiger partial charge in [-0.15, -0.1) is 0 Å². The number of nitrogens with one attached hydrogen (secondary N) is 2. The van der Waals surface area contributed by atoms with Gasteiger partial charge in [-0.2, -0.15) is 5.10 Å². The van der Waals surface area contributed by atoms with Crippen LogP contribution in [0.2, 0.25) is 0 Å².